The topological polar surface area (TPSA) is 32.3 Å². The molecule has 1 saturated heterocycles. The van der Waals surface area contributed by atoms with Gasteiger partial charge < -0.3 is 10.2 Å². The molecule has 0 radical (unpaired) electrons. The van der Waals surface area contributed by atoms with Crippen molar-refractivity contribution in [1.82, 2.24) is 10.2 Å². The lowest BCUT2D eigenvalue weighted by Crippen LogP contribution is -2.28. The third kappa shape index (κ3) is 2.24. The normalized spacial score (nSPS) is 19.7. The highest BCUT2D eigenvalue weighted by atomic mass is 16.2. The Balaban J connectivity index is 2.02. The van der Waals surface area contributed by atoms with Crippen molar-refractivity contribution in [3.63, 3.8) is 0 Å². The lowest BCUT2D eigenvalue weighted by Gasteiger charge is -2.14. The molecule has 3 nitrogen and oxygen atoms in total. The van der Waals surface area contributed by atoms with Crippen LogP contribution in [-0.2, 0) is 6.54 Å². The van der Waals surface area contributed by atoms with Crippen molar-refractivity contribution in [3.05, 3.63) is 48.0 Å². The average molecular weight is 216 g/mol. The van der Waals surface area contributed by atoms with Gasteiger partial charge >= 0.3 is 6.03 Å². The van der Waals surface area contributed by atoms with Crippen LogP contribution in [0.25, 0.3) is 0 Å². The molecule has 3 heteroatoms. The van der Waals surface area contributed by atoms with E-state index in [0.29, 0.717) is 13.1 Å². The molecule has 1 aliphatic rings. The first-order chi connectivity index (χ1) is 7.66. The van der Waals surface area contributed by atoms with E-state index in [4.69, 9.17) is 0 Å². The van der Waals surface area contributed by atoms with Crippen LogP contribution in [0, 0.1) is 0 Å². The molecule has 1 fully saturated rings. The predicted molar refractivity (Wildman–Crippen MR) is 64.0 cm³/mol. The SMILES string of the molecule is C=C(C)C1CN(Cc2ccccc2)C(=O)N1. The first kappa shape index (κ1) is 10.7. The lowest BCUT2D eigenvalue weighted by molar-refractivity contribution is 0.215. The van der Waals surface area contributed by atoms with Crippen LogP contribution in [0.2, 0.25) is 0 Å². The summed E-state index contributed by atoms with van der Waals surface area (Å²) in [5.74, 6) is 0. The molecule has 1 heterocycles. The van der Waals surface area contributed by atoms with Crippen LogP contribution in [-0.4, -0.2) is 23.5 Å². The van der Waals surface area contributed by atoms with E-state index in [0.717, 1.165) is 11.1 Å². The third-order valence-corrected chi connectivity index (χ3v) is 2.80. The van der Waals surface area contributed by atoms with Crippen LogP contribution >= 0.6 is 0 Å². The second kappa shape index (κ2) is 4.39. The number of hydrogen-bond acceptors (Lipinski definition) is 1. The summed E-state index contributed by atoms with van der Waals surface area (Å²) >= 11 is 0. The van der Waals surface area contributed by atoms with Crippen LogP contribution in [0.3, 0.4) is 0 Å². The van der Waals surface area contributed by atoms with E-state index < -0.39 is 0 Å². The molecular formula is C13H16N2O. The first-order valence-corrected chi connectivity index (χ1v) is 5.41. The zero-order valence-corrected chi connectivity index (χ0v) is 9.44. The summed E-state index contributed by atoms with van der Waals surface area (Å²) < 4.78 is 0. The standard InChI is InChI=1S/C13H16N2O/c1-10(2)12-9-15(13(16)14-12)8-11-6-4-3-5-7-11/h3-7,12H,1,8-9H2,2H3,(H,14,16). The van der Waals surface area contributed by atoms with Gasteiger partial charge in [-0.25, -0.2) is 4.79 Å². The van der Waals surface area contributed by atoms with E-state index in [9.17, 15) is 4.79 Å². The van der Waals surface area contributed by atoms with Gasteiger partial charge in [0.15, 0.2) is 0 Å². The zero-order valence-electron chi connectivity index (χ0n) is 9.44. The Morgan fingerprint density at radius 2 is 2.19 bits per heavy atom. The molecule has 0 aliphatic carbocycles. The smallest absolute Gasteiger partial charge is 0.318 e. The number of nitrogens with one attached hydrogen (secondary N) is 1. The highest BCUT2D eigenvalue weighted by Gasteiger charge is 2.28. The van der Waals surface area contributed by atoms with Crippen LogP contribution in [0.5, 0.6) is 0 Å². The largest absolute Gasteiger partial charge is 0.330 e. The third-order valence-electron chi connectivity index (χ3n) is 2.80. The number of carbonyl (C=O) groups is 1. The molecule has 1 unspecified atom stereocenters. The molecule has 1 N–H and O–H groups in total. The molecule has 84 valence electrons. The maximum atomic E-state index is 11.7. The minimum Gasteiger partial charge on any atom is -0.330 e. The molecule has 16 heavy (non-hydrogen) atoms. The van der Waals surface area contributed by atoms with Crippen LogP contribution in [0.15, 0.2) is 42.5 Å². The Kier molecular flexibility index (Phi) is 2.95. The Bertz CT molecular complexity index is 400. The van der Waals surface area contributed by atoms with E-state index in [1.807, 2.05) is 42.2 Å². The van der Waals surface area contributed by atoms with Crippen molar-refractivity contribution in [2.24, 2.45) is 0 Å². The molecular weight excluding hydrogens is 200 g/mol. The quantitative estimate of drug-likeness (QED) is 0.771. The van der Waals surface area contributed by atoms with Crippen LogP contribution in [0.4, 0.5) is 4.79 Å². The van der Waals surface area contributed by atoms with E-state index in [1.54, 1.807) is 0 Å². The molecule has 0 spiro atoms. The van der Waals surface area contributed by atoms with Gasteiger partial charge in [-0.1, -0.05) is 42.5 Å². The number of amides is 2. The molecule has 2 amide bonds. The molecule has 0 aromatic heterocycles. The molecule has 0 saturated carbocycles. The molecule has 1 aromatic carbocycles. The van der Waals surface area contributed by atoms with Crippen molar-refractivity contribution in [1.29, 1.82) is 0 Å². The minimum atomic E-state index is -0.00291. The number of benzene rings is 1. The molecule has 0 bridgehead atoms. The fraction of sp³-hybridized carbons (Fsp3) is 0.308. The van der Waals surface area contributed by atoms with Gasteiger partial charge in [-0.2, -0.15) is 0 Å². The van der Waals surface area contributed by atoms with Gasteiger partial charge in [0, 0.05) is 13.1 Å². The summed E-state index contributed by atoms with van der Waals surface area (Å²) in [5, 5.41) is 2.91. The second-order valence-electron chi connectivity index (χ2n) is 4.21. The molecule has 1 atom stereocenters. The summed E-state index contributed by atoms with van der Waals surface area (Å²) in [6.45, 7) is 7.19. The van der Waals surface area contributed by atoms with Gasteiger partial charge in [0.25, 0.3) is 0 Å². The maximum absolute atomic E-state index is 11.7. The van der Waals surface area contributed by atoms with E-state index in [1.165, 1.54) is 0 Å². The number of hydrogen-bond donors (Lipinski definition) is 1. The Morgan fingerprint density at radius 3 is 2.75 bits per heavy atom. The van der Waals surface area contributed by atoms with Crippen molar-refractivity contribution >= 4 is 6.03 Å². The summed E-state index contributed by atoms with van der Waals surface area (Å²) in [4.78, 5) is 13.5. The maximum Gasteiger partial charge on any atom is 0.318 e. The zero-order chi connectivity index (χ0) is 11.5. The molecule has 2 rings (SSSR count). The Hall–Kier alpha value is -1.77. The van der Waals surface area contributed by atoms with Crippen molar-refractivity contribution in [2.75, 3.05) is 6.54 Å². The monoisotopic (exact) mass is 216 g/mol. The first-order valence-electron chi connectivity index (χ1n) is 5.41. The van der Waals surface area contributed by atoms with Gasteiger partial charge in [0.2, 0.25) is 0 Å². The summed E-state index contributed by atoms with van der Waals surface area (Å²) in [7, 11) is 0. The van der Waals surface area contributed by atoms with E-state index in [-0.39, 0.29) is 12.1 Å². The van der Waals surface area contributed by atoms with E-state index >= 15 is 0 Å². The fourth-order valence-electron chi connectivity index (χ4n) is 1.81. The van der Waals surface area contributed by atoms with Gasteiger partial charge in [0.1, 0.15) is 0 Å². The number of rotatable bonds is 3. The van der Waals surface area contributed by atoms with Crippen molar-refractivity contribution < 1.29 is 4.79 Å². The molecule has 1 aliphatic heterocycles. The van der Waals surface area contributed by atoms with Gasteiger partial charge in [-0.15, -0.1) is 0 Å². The second-order valence-corrected chi connectivity index (χ2v) is 4.21. The number of nitrogens with zero attached hydrogens (tertiary/aromatic N) is 1. The molecule has 1 aromatic rings. The highest BCUT2D eigenvalue weighted by molar-refractivity contribution is 5.77. The van der Waals surface area contributed by atoms with Crippen LogP contribution < -0.4 is 5.32 Å². The minimum absolute atomic E-state index is 0.00291. The van der Waals surface area contributed by atoms with Crippen LogP contribution in [0.1, 0.15) is 12.5 Å². The van der Waals surface area contributed by atoms with Crippen molar-refractivity contribution in [2.45, 2.75) is 19.5 Å². The Morgan fingerprint density at radius 1 is 1.50 bits per heavy atom. The van der Waals surface area contributed by atoms with Gasteiger partial charge in [0.05, 0.1) is 6.04 Å². The summed E-state index contributed by atoms with van der Waals surface area (Å²) in [6.07, 6.45) is 0. The predicted octanol–water partition coefficient (Wildman–Crippen LogP) is 2.16. The highest BCUT2D eigenvalue weighted by Crippen LogP contribution is 2.13. The average Bonchev–Trinajstić information content (AvgIpc) is 2.62. The number of carbonyl (C=O) groups excluding carboxylic acids is 1. The summed E-state index contributed by atoms with van der Waals surface area (Å²) in [6, 6.07) is 10.1. The Labute approximate surface area is 95.8 Å². The van der Waals surface area contributed by atoms with Crippen molar-refractivity contribution in [3.8, 4) is 0 Å². The summed E-state index contributed by atoms with van der Waals surface area (Å²) in [5.41, 5.74) is 2.16. The lowest BCUT2D eigenvalue weighted by atomic mass is 10.1. The van der Waals surface area contributed by atoms with E-state index in [2.05, 4.69) is 11.9 Å². The number of urea groups is 1. The van der Waals surface area contributed by atoms with Gasteiger partial charge in [-0.3, -0.25) is 0 Å². The van der Waals surface area contributed by atoms with Gasteiger partial charge in [-0.05, 0) is 12.5 Å². The fourth-order valence-corrected chi connectivity index (χ4v) is 1.81.